The number of fused-ring (bicyclic) bond motifs is 2. The van der Waals surface area contributed by atoms with E-state index in [0.29, 0.717) is 31.0 Å². The summed E-state index contributed by atoms with van der Waals surface area (Å²) in [6.45, 7) is 9.25. The van der Waals surface area contributed by atoms with Gasteiger partial charge in [-0.25, -0.2) is 0 Å². The molecule has 0 amide bonds. The third-order valence-electron chi connectivity index (χ3n) is 6.53. The minimum Gasteiger partial charge on any atom is -0.465 e. The molecule has 2 bridgehead atoms. The van der Waals surface area contributed by atoms with Crippen molar-refractivity contribution >= 4 is 11.7 Å². The fourth-order valence-electron chi connectivity index (χ4n) is 4.76. The van der Waals surface area contributed by atoms with Crippen LogP contribution in [0.4, 0.5) is 5.69 Å². The first-order chi connectivity index (χ1) is 12.3. The molecule has 1 fully saturated rings. The number of benzene rings is 1. The summed E-state index contributed by atoms with van der Waals surface area (Å²) in [7, 11) is 4.10. The average Bonchev–Trinajstić information content (AvgIpc) is 2.59. The van der Waals surface area contributed by atoms with Crippen LogP contribution in [-0.4, -0.2) is 33.3 Å². The summed E-state index contributed by atoms with van der Waals surface area (Å²) >= 11 is 0. The van der Waals surface area contributed by atoms with Crippen LogP contribution in [0.2, 0.25) is 0 Å². The Hall–Kier alpha value is -1.81. The summed E-state index contributed by atoms with van der Waals surface area (Å²) in [4.78, 5) is 13.5. The normalized spacial score (nSPS) is 33.4. The Balaban J connectivity index is 1.91. The SMILES string of the molecule is CC(=O)OC[C@@]12CO[C@@H](c3ccc(N(C)C)cc3)[C@@H](C(C)=C[C@H]1C)[C@@H]2C. The molecule has 0 N–H and O–H groups in total. The topological polar surface area (TPSA) is 38.8 Å². The van der Waals surface area contributed by atoms with Crippen LogP contribution in [-0.2, 0) is 14.3 Å². The molecule has 1 heterocycles. The molecule has 3 rings (SSSR count). The third kappa shape index (κ3) is 3.16. The quantitative estimate of drug-likeness (QED) is 0.597. The highest BCUT2D eigenvalue weighted by atomic mass is 16.5. The van der Waals surface area contributed by atoms with E-state index in [1.54, 1.807) is 0 Å². The molecule has 0 spiro atoms. The molecule has 1 aliphatic carbocycles. The van der Waals surface area contributed by atoms with Gasteiger partial charge < -0.3 is 14.4 Å². The first-order valence-electron chi connectivity index (χ1n) is 9.47. The van der Waals surface area contributed by atoms with Crippen LogP contribution in [0.15, 0.2) is 35.9 Å². The Kier molecular flexibility index (Phi) is 5.16. The van der Waals surface area contributed by atoms with Crippen LogP contribution < -0.4 is 4.90 Å². The van der Waals surface area contributed by atoms with Gasteiger partial charge in [0.2, 0.25) is 0 Å². The van der Waals surface area contributed by atoms with E-state index in [2.05, 4.69) is 56.0 Å². The molecule has 0 saturated carbocycles. The van der Waals surface area contributed by atoms with Crippen molar-refractivity contribution in [3.63, 3.8) is 0 Å². The van der Waals surface area contributed by atoms with E-state index in [4.69, 9.17) is 9.47 Å². The second-order valence-corrected chi connectivity index (χ2v) is 8.24. The fourth-order valence-corrected chi connectivity index (χ4v) is 4.76. The molecular formula is C22H31NO3. The maximum Gasteiger partial charge on any atom is 0.302 e. The lowest BCUT2D eigenvalue weighted by atomic mass is 9.56. The van der Waals surface area contributed by atoms with Gasteiger partial charge in [0.1, 0.15) is 0 Å². The van der Waals surface area contributed by atoms with Crippen LogP contribution in [0.25, 0.3) is 0 Å². The number of rotatable bonds is 4. The highest BCUT2D eigenvalue weighted by Crippen LogP contribution is 2.56. The van der Waals surface area contributed by atoms with Gasteiger partial charge in [-0.3, -0.25) is 4.79 Å². The Morgan fingerprint density at radius 1 is 1.27 bits per heavy atom. The molecule has 4 heteroatoms. The van der Waals surface area contributed by atoms with Crippen LogP contribution in [0.1, 0.15) is 39.4 Å². The lowest BCUT2D eigenvalue weighted by Crippen LogP contribution is -2.54. The molecule has 26 heavy (non-hydrogen) atoms. The molecule has 2 aliphatic rings. The van der Waals surface area contributed by atoms with Crippen molar-refractivity contribution in [1.82, 2.24) is 0 Å². The number of hydrogen-bond donors (Lipinski definition) is 0. The summed E-state index contributed by atoms with van der Waals surface area (Å²) in [6, 6.07) is 8.65. The van der Waals surface area contributed by atoms with Crippen molar-refractivity contribution in [2.75, 3.05) is 32.2 Å². The zero-order valence-corrected chi connectivity index (χ0v) is 16.8. The maximum absolute atomic E-state index is 11.4. The largest absolute Gasteiger partial charge is 0.465 e. The number of hydrogen-bond acceptors (Lipinski definition) is 4. The van der Waals surface area contributed by atoms with Gasteiger partial charge >= 0.3 is 5.97 Å². The molecule has 1 aromatic rings. The molecule has 0 unspecified atom stereocenters. The van der Waals surface area contributed by atoms with Gasteiger partial charge in [0.05, 0.1) is 19.3 Å². The standard InChI is InChI=1S/C22H31NO3/c1-14-11-15(2)22(12-25-17(4)24)13-26-21(20(14)16(22)3)18-7-9-19(10-8-18)23(5)6/h7-11,15-16,20-21H,12-13H2,1-6H3/t15-,16+,20+,21+,22-/m1/s1. The Morgan fingerprint density at radius 2 is 1.92 bits per heavy atom. The number of esters is 1. The Bertz CT molecular complexity index is 694. The van der Waals surface area contributed by atoms with Crippen LogP contribution in [0.5, 0.6) is 0 Å². The number of carbonyl (C=O) groups excluding carboxylic acids is 1. The van der Waals surface area contributed by atoms with Crippen molar-refractivity contribution in [3.8, 4) is 0 Å². The van der Waals surface area contributed by atoms with Crippen molar-refractivity contribution in [3.05, 3.63) is 41.5 Å². The molecule has 4 nitrogen and oxygen atoms in total. The molecular weight excluding hydrogens is 326 g/mol. The number of anilines is 1. The van der Waals surface area contributed by atoms with Gasteiger partial charge in [-0.1, -0.05) is 37.6 Å². The summed E-state index contributed by atoms with van der Waals surface area (Å²) in [6.07, 6.45) is 2.41. The summed E-state index contributed by atoms with van der Waals surface area (Å²) in [5, 5.41) is 0. The second kappa shape index (κ2) is 7.07. The second-order valence-electron chi connectivity index (χ2n) is 8.24. The van der Waals surface area contributed by atoms with Gasteiger partial charge in [0.15, 0.2) is 0 Å². The average molecular weight is 357 g/mol. The van der Waals surface area contributed by atoms with E-state index in [1.807, 2.05) is 14.1 Å². The van der Waals surface area contributed by atoms with Crippen molar-refractivity contribution in [1.29, 1.82) is 0 Å². The lowest BCUT2D eigenvalue weighted by Gasteiger charge is -2.55. The zero-order chi connectivity index (χ0) is 19.1. The molecule has 5 atom stereocenters. The van der Waals surface area contributed by atoms with E-state index >= 15 is 0 Å². The van der Waals surface area contributed by atoms with Crippen LogP contribution >= 0.6 is 0 Å². The van der Waals surface area contributed by atoms with Crippen LogP contribution in [0, 0.1) is 23.2 Å². The maximum atomic E-state index is 11.4. The fraction of sp³-hybridized carbons (Fsp3) is 0.591. The third-order valence-corrected chi connectivity index (χ3v) is 6.53. The minimum atomic E-state index is -0.219. The molecule has 0 radical (unpaired) electrons. The van der Waals surface area contributed by atoms with Gasteiger partial charge in [-0.05, 0) is 36.5 Å². The predicted octanol–water partition coefficient (Wildman–Crippen LogP) is 4.22. The van der Waals surface area contributed by atoms with Gasteiger partial charge in [0.25, 0.3) is 0 Å². The highest BCUT2D eigenvalue weighted by molar-refractivity contribution is 5.66. The van der Waals surface area contributed by atoms with Gasteiger partial charge in [0, 0.05) is 38.0 Å². The van der Waals surface area contributed by atoms with E-state index < -0.39 is 0 Å². The molecule has 1 aromatic carbocycles. The van der Waals surface area contributed by atoms with Gasteiger partial charge in [-0.15, -0.1) is 0 Å². The first-order valence-corrected chi connectivity index (χ1v) is 9.47. The number of carbonyl (C=O) groups is 1. The van der Waals surface area contributed by atoms with E-state index in [1.165, 1.54) is 23.7 Å². The molecule has 1 aliphatic heterocycles. The van der Waals surface area contributed by atoms with E-state index in [9.17, 15) is 4.79 Å². The van der Waals surface area contributed by atoms with Crippen molar-refractivity contribution in [2.24, 2.45) is 23.2 Å². The summed E-state index contributed by atoms with van der Waals surface area (Å²) < 4.78 is 11.9. The first kappa shape index (κ1) is 19.0. The van der Waals surface area contributed by atoms with Crippen molar-refractivity contribution < 1.29 is 14.3 Å². The predicted molar refractivity (Wildman–Crippen MR) is 104 cm³/mol. The number of nitrogens with zero attached hydrogens (tertiary/aromatic N) is 1. The van der Waals surface area contributed by atoms with E-state index in [0.717, 1.165) is 0 Å². The van der Waals surface area contributed by atoms with E-state index in [-0.39, 0.29) is 17.5 Å². The van der Waals surface area contributed by atoms with Crippen LogP contribution in [0.3, 0.4) is 0 Å². The minimum absolute atomic E-state index is 0.0513. The number of ether oxygens (including phenoxy) is 2. The molecule has 1 saturated heterocycles. The van der Waals surface area contributed by atoms with Crippen molar-refractivity contribution in [2.45, 2.75) is 33.8 Å². The molecule has 0 aromatic heterocycles. The Morgan fingerprint density at radius 3 is 2.50 bits per heavy atom. The summed E-state index contributed by atoms with van der Waals surface area (Å²) in [5.41, 5.74) is 3.64. The van der Waals surface area contributed by atoms with Gasteiger partial charge in [-0.2, -0.15) is 0 Å². The smallest absolute Gasteiger partial charge is 0.302 e. The lowest BCUT2D eigenvalue weighted by molar-refractivity contribution is -0.180. The monoisotopic (exact) mass is 357 g/mol. The highest BCUT2D eigenvalue weighted by Gasteiger charge is 2.54. The zero-order valence-electron chi connectivity index (χ0n) is 16.8. The Labute approximate surface area is 157 Å². The number of allylic oxidation sites excluding steroid dienone is 1. The molecule has 142 valence electrons. The summed E-state index contributed by atoms with van der Waals surface area (Å²) in [5.74, 6) is 0.794.